The third-order valence-electron chi connectivity index (χ3n) is 5.67. The summed E-state index contributed by atoms with van der Waals surface area (Å²) in [6.45, 7) is 9.60. The smallest absolute Gasteiger partial charge is 0.251 e. The van der Waals surface area contributed by atoms with Crippen molar-refractivity contribution >= 4 is 35.8 Å². The molecule has 2 aromatic carbocycles. The van der Waals surface area contributed by atoms with Crippen molar-refractivity contribution in [3.05, 3.63) is 70.8 Å². The predicted molar refractivity (Wildman–Crippen MR) is 145 cm³/mol. The second-order valence-electron chi connectivity index (χ2n) is 8.24. The molecular formula is C26H37IN4O2. The molecule has 3 N–H and O–H groups in total. The number of guanidine groups is 1. The summed E-state index contributed by atoms with van der Waals surface area (Å²) in [5, 5.41) is 9.68. The highest BCUT2D eigenvalue weighted by atomic mass is 127. The van der Waals surface area contributed by atoms with Crippen LogP contribution >= 0.6 is 24.0 Å². The summed E-state index contributed by atoms with van der Waals surface area (Å²) in [5.41, 5.74) is 4.17. The van der Waals surface area contributed by atoms with Crippen LogP contribution in [0.25, 0.3) is 0 Å². The maximum atomic E-state index is 12.1. The van der Waals surface area contributed by atoms with Gasteiger partial charge in [0.2, 0.25) is 0 Å². The van der Waals surface area contributed by atoms with E-state index in [-0.39, 0.29) is 36.0 Å². The molecule has 2 unspecified atom stereocenters. The van der Waals surface area contributed by atoms with Gasteiger partial charge in [-0.25, -0.2) is 4.99 Å². The number of carbonyl (C=O) groups is 1. The summed E-state index contributed by atoms with van der Waals surface area (Å²) in [6.07, 6.45) is 2.31. The fourth-order valence-electron chi connectivity index (χ4n) is 3.99. The van der Waals surface area contributed by atoms with Crippen LogP contribution in [0.3, 0.4) is 0 Å². The molecular weight excluding hydrogens is 527 g/mol. The van der Waals surface area contributed by atoms with Crippen molar-refractivity contribution in [2.45, 2.75) is 46.3 Å². The van der Waals surface area contributed by atoms with Gasteiger partial charge >= 0.3 is 0 Å². The Morgan fingerprint density at radius 1 is 1.06 bits per heavy atom. The number of aliphatic imine (C=N–C) groups is 1. The first-order valence-electron chi connectivity index (χ1n) is 11.7. The largest absolute Gasteiger partial charge is 0.373 e. The molecule has 1 heterocycles. The Morgan fingerprint density at radius 2 is 1.82 bits per heavy atom. The molecule has 0 aromatic heterocycles. The standard InChI is InChI=1S/C26H36N4O2.HI/c1-4-27-25(31)22-9-6-8-20(16-22)17-29-26(28-5-2)30-18-23-10-7-15-32-24(23)21-13-11-19(3)12-14-21;/h6,8-9,11-14,16,23-24H,4-5,7,10,15,17-18H2,1-3H3,(H,27,31)(H2,28,29,30);1H. The molecule has 33 heavy (non-hydrogen) atoms. The fourth-order valence-corrected chi connectivity index (χ4v) is 3.99. The third-order valence-corrected chi connectivity index (χ3v) is 5.67. The van der Waals surface area contributed by atoms with E-state index in [4.69, 9.17) is 9.73 Å². The van der Waals surface area contributed by atoms with Crippen molar-refractivity contribution in [1.82, 2.24) is 16.0 Å². The molecule has 0 aliphatic carbocycles. The number of aryl methyl sites for hydroxylation is 1. The second-order valence-corrected chi connectivity index (χ2v) is 8.24. The van der Waals surface area contributed by atoms with Crippen LogP contribution in [0.2, 0.25) is 0 Å². The van der Waals surface area contributed by atoms with Gasteiger partial charge in [-0.2, -0.15) is 0 Å². The van der Waals surface area contributed by atoms with Gasteiger partial charge < -0.3 is 20.7 Å². The zero-order chi connectivity index (χ0) is 22.8. The minimum atomic E-state index is -0.0530. The van der Waals surface area contributed by atoms with E-state index < -0.39 is 0 Å². The quantitative estimate of drug-likeness (QED) is 0.249. The van der Waals surface area contributed by atoms with Gasteiger partial charge in [0.15, 0.2) is 5.96 Å². The third kappa shape index (κ3) is 8.30. The van der Waals surface area contributed by atoms with E-state index in [0.717, 1.165) is 44.1 Å². The van der Waals surface area contributed by atoms with Crippen LogP contribution in [-0.2, 0) is 11.3 Å². The first-order valence-corrected chi connectivity index (χ1v) is 11.7. The number of ether oxygens (including phenoxy) is 1. The number of benzene rings is 2. The topological polar surface area (TPSA) is 74.8 Å². The molecule has 2 aromatic rings. The first kappa shape index (κ1) is 27.1. The summed E-state index contributed by atoms with van der Waals surface area (Å²) < 4.78 is 6.16. The molecule has 0 saturated carbocycles. The Labute approximate surface area is 215 Å². The van der Waals surface area contributed by atoms with E-state index in [9.17, 15) is 4.79 Å². The molecule has 3 rings (SSSR count). The minimum absolute atomic E-state index is 0. The maximum absolute atomic E-state index is 12.1. The Kier molecular flexibility index (Phi) is 11.7. The summed E-state index contributed by atoms with van der Waals surface area (Å²) in [5.74, 6) is 1.11. The number of hydrogen-bond donors (Lipinski definition) is 3. The molecule has 1 amide bonds. The summed E-state index contributed by atoms with van der Waals surface area (Å²) in [7, 11) is 0. The van der Waals surface area contributed by atoms with Gasteiger partial charge in [-0.3, -0.25) is 4.79 Å². The van der Waals surface area contributed by atoms with Crippen LogP contribution in [0.15, 0.2) is 53.5 Å². The molecule has 2 atom stereocenters. The van der Waals surface area contributed by atoms with Crippen LogP contribution in [0.4, 0.5) is 0 Å². The van der Waals surface area contributed by atoms with Crippen LogP contribution < -0.4 is 16.0 Å². The Bertz CT molecular complexity index is 901. The van der Waals surface area contributed by atoms with E-state index in [2.05, 4.69) is 54.1 Å². The van der Waals surface area contributed by atoms with Crippen molar-refractivity contribution < 1.29 is 9.53 Å². The van der Waals surface area contributed by atoms with Crippen LogP contribution in [0, 0.1) is 12.8 Å². The van der Waals surface area contributed by atoms with Crippen LogP contribution in [0.5, 0.6) is 0 Å². The second kappa shape index (κ2) is 14.2. The predicted octanol–water partition coefficient (Wildman–Crippen LogP) is 4.59. The lowest BCUT2D eigenvalue weighted by Gasteiger charge is -2.32. The van der Waals surface area contributed by atoms with E-state index in [0.29, 0.717) is 24.6 Å². The van der Waals surface area contributed by atoms with Crippen molar-refractivity contribution in [2.75, 3.05) is 26.2 Å². The Morgan fingerprint density at radius 3 is 2.55 bits per heavy atom. The first-order chi connectivity index (χ1) is 15.6. The van der Waals surface area contributed by atoms with E-state index >= 15 is 0 Å². The lowest BCUT2D eigenvalue weighted by Crippen LogP contribution is -2.42. The van der Waals surface area contributed by atoms with Gasteiger partial charge in [-0.05, 0) is 56.9 Å². The monoisotopic (exact) mass is 564 g/mol. The summed E-state index contributed by atoms with van der Waals surface area (Å²) in [4.78, 5) is 16.8. The van der Waals surface area contributed by atoms with Gasteiger partial charge in [0.05, 0.1) is 12.6 Å². The number of carbonyl (C=O) groups excluding carboxylic acids is 1. The van der Waals surface area contributed by atoms with Gasteiger partial charge in [0.25, 0.3) is 5.91 Å². The van der Waals surface area contributed by atoms with Gasteiger partial charge in [-0.1, -0.05) is 42.0 Å². The normalized spacial score (nSPS) is 18.2. The Hall–Kier alpha value is -2.13. The maximum Gasteiger partial charge on any atom is 0.251 e. The molecule has 7 heteroatoms. The van der Waals surface area contributed by atoms with Gasteiger partial charge in [0, 0.05) is 37.7 Å². The molecule has 0 radical (unpaired) electrons. The summed E-state index contributed by atoms with van der Waals surface area (Å²) >= 11 is 0. The summed E-state index contributed by atoms with van der Waals surface area (Å²) in [6, 6.07) is 16.3. The highest BCUT2D eigenvalue weighted by Crippen LogP contribution is 2.33. The minimum Gasteiger partial charge on any atom is -0.373 e. The molecule has 1 saturated heterocycles. The number of amides is 1. The van der Waals surface area contributed by atoms with Crippen LogP contribution in [0.1, 0.15) is 59.8 Å². The average Bonchev–Trinajstić information content (AvgIpc) is 2.82. The van der Waals surface area contributed by atoms with Crippen molar-refractivity contribution in [2.24, 2.45) is 10.9 Å². The van der Waals surface area contributed by atoms with Gasteiger partial charge in [0.1, 0.15) is 0 Å². The highest BCUT2D eigenvalue weighted by molar-refractivity contribution is 14.0. The van der Waals surface area contributed by atoms with Crippen molar-refractivity contribution in [1.29, 1.82) is 0 Å². The van der Waals surface area contributed by atoms with Crippen molar-refractivity contribution in [3.63, 3.8) is 0 Å². The molecule has 1 fully saturated rings. The molecule has 0 spiro atoms. The number of rotatable bonds is 8. The van der Waals surface area contributed by atoms with E-state index in [1.54, 1.807) is 0 Å². The van der Waals surface area contributed by atoms with E-state index in [1.165, 1.54) is 11.1 Å². The number of hydrogen-bond acceptors (Lipinski definition) is 3. The molecule has 6 nitrogen and oxygen atoms in total. The SMILES string of the molecule is CCNC(=O)c1cccc(CN=C(NCC)NCC2CCCOC2c2ccc(C)cc2)c1.I. The molecule has 1 aliphatic rings. The lowest BCUT2D eigenvalue weighted by atomic mass is 9.89. The molecule has 0 bridgehead atoms. The van der Waals surface area contributed by atoms with E-state index in [1.807, 2.05) is 31.2 Å². The average molecular weight is 565 g/mol. The zero-order valence-corrected chi connectivity index (χ0v) is 22.2. The number of nitrogens with zero attached hydrogens (tertiary/aromatic N) is 1. The lowest BCUT2D eigenvalue weighted by molar-refractivity contribution is -0.0265. The van der Waals surface area contributed by atoms with Crippen LogP contribution in [-0.4, -0.2) is 38.1 Å². The van der Waals surface area contributed by atoms with Crippen molar-refractivity contribution in [3.8, 4) is 0 Å². The van der Waals surface area contributed by atoms with Gasteiger partial charge in [-0.15, -0.1) is 24.0 Å². The highest BCUT2D eigenvalue weighted by Gasteiger charge is 2.27. The molecule has 1 aliphatic heterocycles. The molecule has 180 valence electrons. The Balaban J connectivity index is 0.00000385. The number of halogens is 1. The zero-order valence-electron chi connectivity index (χ0n) is 19.9. The number of nitrogens with one attached hydrogen (secondary N) is 3. The fraction of sp³-hybridized carbons (Fsp3) is 0.462.